The van der Waals surface area contributed by atoms with Gasteiger partial charge in [0, 0.05) is 36.6 Å². The second-order valence-corrected chi connectivity index (χ2v) is 10.6. The molecule has 1 spiro atoms. The Balaban J connectivity index is 1.35. The molecule has 1 atom stereocenters. The van der Waals surface area contributed by atoms with E-state index >= 15 is 0 Å². The Kier molecular flexibility index (Phi) is 5.72. The van der Waals surface area contributed by atoms with Crippen LogP contribution in [0, 0.1) is 0 Å². The van der Waals surface area contributed by atoms with Gasteiger partial charge in [-0.15, -0.1) is 0 Å². The van der Waals surface area contributed by atoms with Crippen LogP contribution in [0.4, 0.5) is 0 Å². The predicted molar refractivity (Wildman–Crippen MR) is 134 cm³/mol. The van der Waals surface area contributed by atoms with Crippen LogP contribution in [-0.4, -0.2) is 46.4 Å². The van der Waals surface area contributed by atoms with E-state index in [1.807, 2.05) is 35.4 Å². The molecule has 6 nitrogen and oxygen atoms in total. The molecule has 5 rings (SSSR count). The summed E-state index contributed by atoms with van der Waals surface area (Å²) in [7, 11) is 0. The highest BCUT2D eigenvalue weighted by Crippen LogP contribution is 2.46. The van der Waals surface area contributed by atoms with Crippen molar-refractivity contribution in [1.82, 2.24) is 15.2 Å². The van der Waals surface area contributed by atoms with Crippen LogP contribution in [0.3, 0.4) is 0 Å². The van der Waals surface area contributed by atoms with Crippen LogP contribution in [0.1, 0.15) is 49.8 Å². The quantitative estimate of drug-likeness (QED) is 0.547. The van der Waals surface area contributed by atoms with Gasteiger partial charge in [-0.2, -0.15) is 0 Å². The van der Waals surface area contributed by atoms with Crippen LogP contribution in [-0.2, 0) is 27.8 Å². The third-order valence-corrected chi connectivity index (χ3v) is 7.78. The van der Waals surface area contributed by atoms with E-state index in [0.717, 1.165) is 42.1 Å². The second kappa shape index (κ2) is 8.58. The van der Waals surface area contributed by atoms with Gasteiger partial charge in [-0.3, -0.25) is 9.59 Å². The van der Waals surface area contributed by atoms with E-state index in [1.165, 1.54) is 11.1 Å². The van der Waals surface area contributed by atoms with Gasteiger partial charge in [0.05, 0.1) is 5.54 Å². The van der Waals surface area contributed by atoms with E-state index in [-0.39, 0.29) is 17.2 Å². The molecule has 1 aliphatic carbocycles. The Hall–Kier alpha value is -3.12. The lowest BCUT2D eigenvalue weighted by molar-refractivity contribution is -0.138. The Labute approximate surface area is 200 Å². The molecular formula is C28H34N4O2. The SMILES string of the molecule is CC(C)(N)C(=O)N[C@H](Cc1c[nH]c2ccccc12)C(=O)N1CCC2(CCc3ccccc32)CC1. The van der Waals surface area contributed by atoms with Crippen molar-refractivity contribution in [2.45, 2.75) is 62.9 Å². The third-order valence-electron chi connectivity index (χ3n) is 7.78. The largest absolute Gasteiger partial charge is 0.361 e. The van der Waals surface area contributed by atoms with E-state index in [2.05, 4.69) is 34.6 Å². The molecule has 34 heavy (non-hydrogen) atoms. The molecule has 4 N–H and O–H groups in total. The van der Waals surface area contributed by atoms with Gasteiger partial charge < -0.3 is 20.9 Å². The number of hydrogen-bond acceptors (Lipinski definition) is 3. The zero-order chi connectivity index (χ0) is 23.9. The Morgan fingerprint density at radius 3 is 2.56 bits per heavy atom. The summed E-state index contributed by atoms with van der Waals surface area (Å²) in [5.41, 5.74) is 10.1. The predicted octanol–water partition coefficient (Wildman–Crippen LogP) is 3.44. The molecule has 6 heteroatoms. The molecule has 3 aromatic rings. The number of nitrogens with zero attached hydrogens (tertiary/aromatic N) is 1. The number of carbonyl (C=O) groups is 2. The monoisotopic (exact) mass is 458 g/mol. The third kappa shape index (κ3) is 4.11. The Bertz CT molecular complexity index is 1210. The summed E-state index contributed by atoms with van der Waals surface area (Å²) in [5, 5.41) is 4.04. The molecule has 1 fully saturated rings. The number of aryl methyl sites for hydroxylation is 1. The number of amides is 2. The highest BCUT2D eigenvalue weighted by atomic mass is 16.2. The number of aromatic amines is 1. The molecule has 0 unspecified atom stereocenters. The number of hydrogen-bond donors (Lipinski definition) is 3. The topological polar surface area (TPSA) is 91.2 Å². The highest BCUT2D eigenvalue weighted by Gasteiger charge is 2.42. The summed E-state index contributed by atoms with van der Waals surface area (Å²) >= 11 is 0. The first-order valence-corrected chi connectivity index (χ1v) is 12.3. The number of likely N-dealkylation sites (tertiary alicyclic amines) is 1. The van der Waals surface area contributed by atoms with E-state index in [1.54, 1.807) is 13.8 Å². The molecule has 2 amide bonds. The maximum Gasteiger partial charge on any atom is 0.245 e. The first kappa shape index (κ1) is 22.7. The van der Waals surface area contributed by atoms with Gasteiger partial charge in [0.15, 0.2) is 0 Å². The van der Waals surface area contributed by atoms with Gasteiger partial charge in [-0.05, 0) is 67.7 Å². The van der Waals surface area contributed by atoms with Crippen molar-refractivity contribution >= 4 is 22.7 Å². The van der Waals surface area contributed by atoms with Crippen LogP contribution in [0.15, 0.2) is 54.7 Å². The molecular weight excluding hydrogens is 424 g/mol. The fourth-order valence-electron chi connectivity index (χ4n) is 5.72. The maximum atomic E-state index is 13.7. The lowest BCUT2D eigenvalue weighted by atomic mass is 9.73. The summed E-state index contributed by atoms with van der Waals surface area (Å²) in [6.07, 6.45) is 6.57. The van der Waals surface area contributed by atoms with Crippen molar-refractivity contribution in [3.8, 4) is 0 Å². The minimum Gasteiger partial charge on any atom is -0.361 e. The van der Waals surface area contributed by atoms with E-state index in [0.29, 0.717) is 19.5 Å². The number of fused-ring (bicyclic) bond motifs is 3. The summed E-state index contributed by atoms with van der Waals surface area (Å²) in [6, 6.07) is 16.1. The van der Waals surface area contributed by atoms with E-state index in [4.69, 9.17) is 5.73 Å². The van der Waals surface area contributed by atoms with Crippen molar-refractivity contribution in [1.29, 1.82) is 0 Å². The van der Waals surface area contributed by atoms with Gasteiger partial charge in [0.25, 0.3) is 0 Å². The van der Waals surface area contributed by atoms with Gasteiger partial charge in [0.1, 0.15) is 6.04 Å². The molecule has 178 valence electrons. The second-order valence-electron chi connectivity index (χ2n) is 10.6. The van der Waals surface area contributed by atoms with Gasteiger partial charge >= 0.3 is 0 Å². The van der Waals surface area contributed by atoms with Crippen molar-refractivity contribution in [2.75, 3.05) is 13.1 Å². The van der Waals surface area contributed by atoms with Crippen molar-refractivity contribution in [2.24, 2.45) is 5.73 Å². The highest BCUT2D eigenvalue weighted by molar-refractivity contribution is 5.92. The number of nitrogens with one attached hydrogen (secondary N) is 2. The molecule has 0 radical (unpaired) electrons. The van der Waals surface area contributed by atoms with Crippen LogP contribution >= 0.6 is 0 Å². The molecule has 1 aliphatic heterocycles. The van der Waals surface area contributed by atoms with Crippen molar-refractivity contribution < 1.29 is 9.59 Å². The summed E-state index contributed by atoms with van der Waals surface area (Å²) in [5.74, 6) is -0.340. The molecule has 1 aromatic heterocycles. The minimum atomic E-state index is -1.06. The zero-order valence-corrected chi connectivity index (χ0v) is 20.1. The van der Waals surface area contributed by atoms with E-state index in [9.17, 15) is 9.59 Å². The lowest BCUT2D eigenvalue weighted by Crippen LogP contribution is -2.58. The average molecular weight is 459 g/mol. The van der Waals surface area contributed by atoms with Crippen LogP contribution in [0.2, 0.25) is 0 Å². The summed E-state index contributed by atoms with van der Waals surface area (Å²) in [6.45, 7) is 4.74. The number of piperidine rings is 1. The number of aromatic nitrogens is 1. The smallest absolute Gasteiger partial charge is 0.245 e. The number of benzene rings is 2. The molecule has 2 heterocycles. The number of para-hydroxylation sites is 1. The first-order valence-electron chi connectivity index (χ1n) is 12.3. The van der Waals surface area contributed by atoms with Gasteiger partial charge in [-0.1, -0.05) is 42.5 Å². The van der Waals surface area contributed by atoms with Crippen LogP contribution in [0.25, 0.3) is 10.9 Å². The lowest BCUT2D eigenvalue weighted by Gasteiger charge is -2.41. The fourth-order valence-corrected chi connectivity index (χ4v) is 5.72. The first-order chi connectivity index (χ1) is 16.3. The van der Waals surface area contributed by atoms with Gasteiger partial charge in [0.2, 0.25) is 11.8 Å². The van der Waals surface area contributed by atoms with Crippen LogP contribution < -0.4 is 11.1 Å². The van der Waals surface area contributed by atoms with Crippen molar-refractivity contribution in [3.63, 3.8) is 0 Å². The molecule has 0 saturated carbocycles. The minimum absolute atomic E-state index is 0.0241. The molecule has 0 bridgehead atoms. The standard InChI is InChI=1S/C28H34N4O2/c1-27(2,29)26(34)31-24(17-20-18-30-23-10-6-4-8-21(20)23)25(33)32-15-13-28(14-16-32)12-11-19-7-3-5-9-22(19)28/h3-10,18,24,30H,11-17,29H2,1-2H3,(H,31,34)/t24-/m1/s1. The maximum absolute atomic E-state index is 13.7. The number of carbonyl (C=O) groups excluding carboxylic acids is 2. The average Bonchev–Trinajstić information content (AvgIpc) is 3.40. The molecule has 1 saturated heterocycles. The van der Waals surface area contributed by atoms with E-state index < -0.39 is 11.6 Å². The molecule has 2 aromatic carbocycles. The van der Waals surface area contributed by atoms with Gasteiger partial charge in [-0.25, -0.2) is 0 Å². The fraction of sp³-hybridized carbons (Fsp3) is 0.429. The number of H-pyrrole nitrogens is 1. The normalized spacial score (nSPS) is 18.1. The Morgan fingerprint density at radius 2 is 1.79 bits per heavy atom. The van der Waals surface area contributed by atoms with Crippen LogP contribution in [0.5, 0.6) is 0 Å². The number of nitrogens with two attached hydrogens (primary N) is 1. The zero-order valence-electron chi connectivity index (χ0n) is 20.1. The number of rotatable bonds is 5. The summed E-state index contributed by atoms with van der Waals surface area (Å²) in [4.78, 5) is 31.7. The Morgan fingerprint density at radius 1 is 1.09 bits per heavy atom. The van der Waals surface area contributed by atoms with Crippen molar-refractivity contribution in [3.05, 3.63) is 71.4 Å². The molecule has 2 aliphatic rings. The summed E-state index contributed by atoms with van der Waals surface area (Å²) < 4.78 is 0.